The number of carbonyl (C=O) groups excluding carboxylic acids is 1. The molecule has 0 spiro atoms. The van der Waals surface area contributed by atoms with E-state index in [9.17, 15) is 4.79 Å². The molecular weight excluding hydrogens is 152 g/mol. The minimum absolute atomic E-state index is 0.0615. The predicted molar refractivity (Wildman–Crippen MR) is 50.7 cm³/mol. The van der Waals surface area contributed by atoms with E-state index >= 15 is 0 Å². The quantitative estimate of drug-likeness (QED) is 0.664. The Kier molecular flexibility index (Phi) is 4.24. The van der Waals surface area contributed by atoms with E-state index in [-0.39, 0.29) is 17.4 Å². The first-order chi connectivity index (χ1) is 5.38. The van der Waals surface area contributed by atoms with E-state index in [1.165, 1.54) is 0 Å². The highest BCUT2D eigenvalue weighted by molar-refractivity contribution is 5.81. The SMILES string of the molecule is CCC(N)CNC(=O)C(C)(C)C. The van der Waals surface area contributed by atoms with Gasteiger partial charge in [0.2, 0.25) is 5.91 Å². The zero-order chi connectivity index (χ0) is 9.78. The Hall–Kier alpha value is -0.570. The topological polar surface area (TPSA) is 55.1 Å². The molecular formula is C9H20N2O. The van der Waals surface area contributed by atoms with Crippen LogP contribution in [0.25, 0.3) is 0 Å². The van der Waals surface area contributed by atoms with Crippen molar-refractivity contribution in [3.8, 4) is 0 Å². The molecule has 0 aliphatic carbocycles. The largest absolute Gasteiger partial charge is 0.354 e. The molecule has 0 aliphatic heterocycles. The first-order valence-corrected chi connectivity index (χ1v) is 4.41. The minimum atomic E-state index is -0.312. The van der Waals surface area contributed by atoms with Gasteiger partial charge in [-0.1, -0.05) is 27.7 Å². The van der Waals surface area contributed by atoms with E-state index in [2.05, 4.69) is 5.32 Å². The molecule has 0 radical (unpaired) electrons. The number of rotatable bonds is 3. The molecule has 0 aromatic heterocycles. The molecule has 0 saturated heterocycles. The molecule has 1 amide bonds. The van der Waals surface area contributed by atoms with Crippen LogP contribution in [0.3, 0.4) is 0 Å². The van der Waals surface area contributed by atoms with Gasteiger partial charge in [0.25, 0.3) is 0 Å². The van der Waals surface area contributed by atoms with E-state index in [1.807, 2.05) is 27.7 Å². The lowest BCUT2D eigenvalue weighted by Crippen LogP contribution is -2.41. The fourth-order valence-corrected chi connectivity index (χ4v) is 0.633. The molecule has 1 atom stereocenters. The smallest absolute Gasteiger partial charge is 0.225 e. The summed E-state index contributed by atoms with van der Waals surface area (Å²) < 4.78 is 0. The molecule has 0 heterocycles. The third-order valence-corrected chi connectivity index (χ3v) is 1.73. The molecule has 1 unspecified atom stereocenters. The van der Waals surface area contributed by atoms with Crippen molar-refractivity contribution in [3.05, 3.63) is 0 Å². The highest BCUT2D eigenvalue weighted by atomic mass is 16.2. The Balaban J connectivity index is 3.73. The number of amides is 1. The number of hydrogen-bond donors (Lipinski definition) is 2. The van der Waals surface area contributed by atoms with Gasteiger partial charge in [0.15, 0.2) is 0 Å². The zero-order valence-corrected chi connectivity index (χ0v) is 8.48. The number of hydrogen-bond acceptors (Lipinski definition) is 2. The van der Waals surface area contributed by atoms with E-state index in [0.717, 1.165) is 6.42 Å². The first kappa shape index (κ1) is 11.4. The maximum atomic E-state index is 11.3. The molecule has 72 valence electrons. The molecule has 0 aliphatic rings. The summed E-state index contributed by atoms with van der Waals surface area (Å²) in [6.07, 6.45) is 0.893. The van der Waals surface area contributed by atoms with Crippen molar-refractivity contribution in [2.24, 2.45) is 11.1 Å². The molecule has 0 fully saturated rings. The average Bonchev–Trinajstić information content (AvgIpc) is 1.97. The lowest BCUT2D eigenvalue weighted by molar-refractivity contribution is -0.128. The van der Waals surface area contributed by atoms with Crippen LogP contribution in [0.1, 0.15) is 34.1 Å². The average molecular weight is 172 g/mol. The van der Waals surface area contributed by atoms with Gasteiger partial charge < -0.3 is 11.1 Å². The highest BCUT2D eigenvalue weighted by Crippen LogP contribution is 2.11. The second kappa shape index (κ2) is 4.45. The molecule has 0 saturated carbocycles. The van der Waals surface area contributed by atoms with Gasteiger partial charge >= 0.3 is 0 Å². The van der Waals surface area contributed by atoms with Gasteiger partial charge in [-0.05, 0) is 6.42 Å². The zero-order valence-electron chi connectivity index (χ0n) is 8.48. The van der Waals surface area contributed by atoms with Crippen LogP contribution in [0.2, 0.25) is 0 Å². The number of nitrogens with one attached hydrogen (secondary N) is 1. The Morgan fingerprint density at radius 2 is 2.00 bits per heavy atom. The van der Waals surface area contributed by atoms with E-state index in [4.69, 9.17) is 5.73 Å². The molecule has 3 N–H and O–H groups in total. The van der Waals surface area contributed by atoms with Gasteiger partial charge in [-0.3, -0.25) is 4.79 Å². The predicted octanol–water partition coefficient (Wildman–Crippen LogP) is 0.886. The van der Waals surface area contributed by atoms with Gasteiger partial charge in [0.05, 0.1) is 0 Å². The molecule has 0 bridgehead atoms. The number of nitrogens with two attached hydrogens (primary N) is 1. The van der Waals surface area contributed by atoms with Crippen LogP contribution in [-0.4, -0.2) is 18.5 Å². The van der Waals surface area contributed by atoms with Gasteiger partial charge in [-0.15, -0.1) is 0 Å². The Bertz CT molecular complexity index is 149. The Morgan fingerprint density at radius 3 is 2.33 bits per heavy atom. The van der Waals surface area contributed by atoms with Gasteiger partial charge in [-0.2, -0.15) is 0 Å². The summed E-state index contributed by atoms with van der Waals surface area (Å²) >= 11 is 0. The van der Waals surface area contributed by atoms with Crippen molar-refractivity contribution >= 4 is 5.91 Å². The van der Waals surface area contributed by atoms with Crippen LogP contribution in [-0.2, 0) is 4.79 Å². The second-order valence-electron chi connectivity index (χ2n) is 4.13. The van der Waals surface area contributed by atoms with Crippen molar-refractivity contribution in [3.63, 3.8) is 0 Å². The summed E-state index contributed by atoms with van der Waals surface area (Å²) in [6.45, 7) is 8.25. The lowest BCUT2D eigenvalue weighted by Gasteiger charge is -2.19. The molecule has 12 heavy (non-hydrogen) atoms. The summed E-state index contributed by atoms with van der Waals surface area (Å²) in [7, 11) is 0. The summed E-state index contributed by atoms with van der Waals surface area (Å²) in [5.74, 6) is 0.0615. The summed E-state index contributed by atoms with van der Waals surface area (Å²) in [6, 6.07) is 0.0799. The first-order valence-electron chi connectivity index (χ1n) is 4.41. The maximum Gasteiger partial charge on any atom is 0.225 e. The van der Waals surface area contributed by atoms with E-state index < -0.39 is 0 Å². The fourth-order valence-electron chi connectivity index (χ4n) is 0.633. The number of carbonyl (C=O) groups is 1. The third-order valence-electron chi connectivity index (χ3n) is 1.73. The van der Waals surface area contributed by atoms with Crippen molar-refractivity contribution in [1.29, 1.82) is 0 Å². The van der Waals surface area contributed by atoms with Crippen LogP contribution in [0.4, 0.5) is 0 Å². The molecule has 0 aromatic rings. The highest BCUT2D eigenvalue weighted by Gasteiger charge is 2.20. The molecule has 3 nitrogen and oxygen atoms in total. The molecule has 0 rings (SSSR count). The van der Waals surface area contributed by atoms with E-state index in [0.29, 0.717) is 6.54 Å². The lowest BCUT2D eigenvalue weighted by atomic mass is 9.95. The van der Waals surface area contributed by atoms with Crippen LogP contribution in [0.15, 0.2) is 0 Å². The van der Waals surface area contributed by atoms with Gasteiger partial charge in [0, 0.05) is 18.0 Å². The molecule has 0 aromatic carbocycles. The van der Waals surface area contributed by atoms with Gasteiger partial charge in [-0.25, -0.2) is 0 Å². The van der Waals surface area contributed by atoms with Crippen LogP contribution >= 0.6 is 0 Å². The summed E-state index contributed by atoms with van der Waals surface area (Å²) in [4.78, 5) is 11.3. The monoisotopic (exact) mass is 172 g/mol. The van der Waals surface area contributed by atoms with Crippen molar-refractivity contribution < 1.29 is 4.79 Å². The van der Waals surface area contributed by atoms with Crippen molar-refractivity contribution in [1.82, 2.24) is 5.32 Å². The Labute approximate surface area is 74.7 Å². The van der Waals surface area contributed by atoms with Crippen LogP contribution in [0.5, 0.6) is 0 Å². The van der Waals surface area contributed by atoms with Crippen molar-refractivity contribution in [2.45, 2.75) is 40.2 Å². The standard InChI is InChI=1S/C9H20N2O/c1-5-7(10)6-11-8(12)9(2,3)4/h7H,5-6,10H2,1-4H3,(H,11,12). The second-order valence-corrected chi connectivity index (χ2v) is 4.13. The normalized spacial score (nSPS) is 14.1. The third kappa shape index (κ3) is 4.34. The summed E-state index contributed by atoms with van der Waals surface area (Å²) in [5.41, 5.74) is 5.34. The van der Waals surface area contributed by atoms with E-state index in [1.54, 1.807) is 0 Å². The Morgan fingerprint density at radius 1 is 1.50 bits per heavy atom. The maximum absolute atomic E-state index is 11.3. The summed E-state index contributed by atoms with van der Waals surface area (Å²) in [5, 5.41) is 2.81. The molecule has 3 heteroatoms. The van der Waals surface area contributed by atoms with Crippen LogP contribution < -0.4 is 11.1 Å². The van der Waals surface area contributed by atoms with Crippen LogP contribution in [0, 0.1) is 5.41 Å². The van der Waals surface area contributed by atoms with Gasteiger partial charge in [0.1, 0.15) is 0 Å². The fraction of sp³-hybridized carbons (Fsp3) is 0.889. The minimum Gasteiger partial charge on any atom is -0.354 e. The van der Waals surface area contributed by atoms with Crippen molar-refractivity contribution in [2.75, 3.05) is 6.54 Å².